The van der Waals surface area contributed by atoms with Crippen molar-refractivity contribution in [3.63, 3.8) is 0 Å². The third-order valence-corrected chi connectivity index (χ3v) is 4.65. The Morgan fingerprint density at radius 2 is 1.85 bits per heavy atom. The van der Waals surface area contributed by atoms with Crippen molar-refractivity contribution in [1.29, 1.82) is 0 Å². The van der Waals surface area contributed by atoms with Crippen molar-refractivity contribution in [3.05, 3.63) is 0 Å². The Kier molecular flexibility index (Phi) is 4.11. The second-order valence-electron chi connectivity index (χ2n) is 4.16. The molecule has 1 saturated carbocycles. The second kappa shape index (κ2) is 4.70. The maximum atomic E-state index is 11.1. The molecule has 0 atom stereocenters. The van der Waals surface area contributed by atoms with E-state index >= 15 is 0 Å². The average molecular weight is 221 g/mol. The molecule has 0 radical (unpaired) electrons. The molecule has 0 spiro atoms. The molecule has 0 N–H and O–H groups in total. The van der Waals surface area contributed by atoms with Gasteiger partial charge in [-0.05, 0) is 38.3 Å². The van der Waals surface area contributed by atoms with Gasteiger partial charge in [-0.3, -0.25) is 4.79 Å². The van der Waals surface area contributed by atoms with Gasteiger partial charge in [-0.25, -0.2) is 0 Å². The molecule has 1 fully saturated rings. The average Bonchev–Trinajstić information content (AvgIpc) is 2.05. The minimum Gasteiger partial charge on any atom is -0.280 e. The van der Waals surface area contributed by atoms with Crippen molar-refractivity contribution in [2.75, 3.05) is 0 Å². The molecule has 0 amide bonds. The normalized spacial score (nSPS) is 20.2. The largest absolute Gasteiger partial charge is 0.280 e. The lowest BCUT2D eigenvalue weighted by molar-refractivity contribution is -0.113. The first kappa shape index (κ1) is 11.4. The van der Waals surface area contributed by atoms with Crippen LogP contribution in [0.5, 0.6) is 0 Å². The molecule has 0 unspecified atom stereocenters. The van der Waals surface area contributed by atoms with Crippen molar-refractivity contribution in [2.24, 2.45) is 0 Å². The minimum absolute atomic E-state index is 0.219. The Hall–Kier alpha value is 0.310. The third kappa shape index (κ3) is 3.51. The second-order valence-corrected chi connectivity index (χ2v) is 6.43. The Labute approximate surface area is 89.6 Å². The molecule has 1 rings (SSSR count). The number of rotatable bonds is 3. The zero-order valence-corrected chi connectivity index (χ0v) is 9.88. The van der Waals surface area contributed by atoms with E-state index in [1.54, 1.807) is 11.8 Å². The minimum atomic E-state index is -0.399. The van der Waals surface area contributed by atoms with E-state index in [9.17, 15) is 4.79 Å². The highest BCUT2D eigenvalue weighted by Crippen LogP contribution is 2.37. The molecule has 0 saturated heterocycles. The highest BCUT2D eigenvalue weighted by atomic mass is 35.5. The van der Waals surface area contributed by atoms with Crippen LogP contribution in [0.1, 0.15) is 46.0 Å². The predicted molar refractivity (Wildman–Crippen MR) is 59.4 cm³/mol. The molecule has 0 bridgehead atoms. The van der Waals surface area contributed by atoms with E-state index in [-0.39, 0.29) is 5.24 Å². The number of halogens is 1. The van der Waals surface area contributed by atoms with Crippen LogP contribution in [0.3, 0.4) is 0 Å². The van der Waals surface area contributed by atoms with E-state index in [0.717, 1.165) is 0 Å². The molecule has 0 aliphatic heterocycles. The Balaban J connectivity index is 2.41. The van der Waals surface area contributed by atoms with Crippen LogP contribution in [-0.4, -0.2) is 15.2 Å². The SMILES string of the molecule is CC(C)(SC1CCCCC1)C(=O)Cl. The lowest BCUT2D eigenvalue weighted by Gasteiger charge is -2.28. The van der Waals surface area contributed by atoms with Crippen molar-refractivity contribution < 1.29 is 4.79 Å². The van der Waals surface area contributed by atoms with E-state index in [2.05, 4.69) is 0 Å². The molecule has 0 heterocycles. The number of thioether (sulfide) groups is 1. The summed E-state index contributed by atoms with van der Waals surface area (Å²) < 4.78 is -0.399. The van der Waals surface area contributed by atoms with Crippen LogP contribution in [0.2, 0.25) is 0 Å². The molecule has 3 heteroatoms. The molecule has 0 aromatic rings. The fourth-order valence-corrected chi connectivity index (χ4v) is 3.27. The highest BCUT2D eigenvalue weighted by molar-refractivity contribution is 8.02. The summed E-state index contributed by atoms with van der Waals surface area (Å²) in [6.45, 7) is 3.84. The van der Waals surface area contributed by atoms with Gasteiger partial charge in [0.05, 0.1) is 4.75 Å². The van der Waals surface area contributed by atoms with Crippen LogP contribution in [0.25, 0.3) is 0 Å². The van der Waals surface area contributed by atoms with E-state index in [4.69, 9.17) is 11.6 Å². The first-order chi connectivity index (χ1) is 6.02. The van der Waals surface area contributed by atoms with Crippen molar-refractivity contribution in [3.8, 4) is 0 Å². The third-order valence-electron chi connectivity index (χ3n) is 2.49. The van der Waals surface area contributed by atoms with Crippen molar-refractivity contribution in [1.82, 2.24) is 0 Å². The molecule has 1 aliphatic rings. The Morgan fingerprint density at radius 3 is 2.31 bits per heavy atom. The summed E-state index contributed by atoms with van der Waals surface area (Å²) in [7, 11) is 0. The van der Waals surface area contributed by atoms with Gasteiger partial charge < -0.3 is 0 Å². The van der Waals surface area contributed by atoms with E-state index in [1.165, 1.54) is 32.1 Å². The zero-order chi connectivity index (χ0) is 9.90. The van der Waals surface area contributed by atoms with Crippen LogP contribution < -0.4 is 0 Å². The molecular formula is C10H17ClOS. The van der Waals surface area contributed by atoms with E-state index < -0.39 is 4.75 Å². The van der Waals surface area contributed by atoms with Gasteiger partial charge in [-0.1, -0.05) is 19.3 Å². The topological polar surface area (TPSA) is 17.1 Å². The van der Waals surface area contributed by atoms with Crippen molar-refractivity contribution in [2.45, 2.75) is 55.9 Å². The predicted octanol–water partition coefficient (Wildman–Crippen LogP) is 3.60. The monoisotopic (exact) mass is 220 g/mol. The smallest absolute Gasteiger partial charge is 0.237 e. The molecular weight excluding hydrogens is 204 g/mol. The van der Waals surface area contributed by atoms with Gasteiger partial charge in [-0.15, -0.1) is 11.8 Å². The van der Waals surface area contributed by atoms with Crippen LogP contribution in [0.4, 0.5) is 0 Å². The molecule has 0 aromatic heterocycles. The van der Waals surface area contributed by atoms with Gasteiger partial charge in [0.1, 0.15) is 0 Å². The van der Waals surface area contributed by atoms with Crippen LogP contribution in [0.15, 0.2) is 0 Å². The fourth-order valence-electron chi connectivity index (χ4n) is 1.65. The van der Waals surface area contributed by atoms with E-state index in [0.29, 0.717) is 5.25 Å². The molecule has 13 heavy (non-hydrogen) atoms. The van der Waals surface area contributed by atoms with Gasteiger partial charge >= 0.3 is 0 Å². The van der Waals surface area contributed by atoms with Crippen molar-refractivity contribution >= 4 is 28.6 Å². The van der Waals surface area contributed by atoms with Crippen LogP contribution in [0, 0.1) is 0 Å². The molecule has 1 nitrogen and oxygen atoms in total. The van der Waals surface area contributed by atoms with Gasteiger partial charge in [0.25, 0.3) is 0 Å². The van der Waals surface area contributed by atoms with Crippen LogP contribution >= 0.6 is 23.4 Å². The maximum Gasteiger partial charge on any atom is 0.237 e. The number of carbonyl (C=O) groups is 1. The molecule has 1 aliphatic carbocycles. The number of hydrogen-bond donors (Lipinski definition) is 0. The van der Waals surface area contributed by atoms with Gasteiger partial charge in [0.2, 0.25) is 5.24 Å². The summed E-state index contributed by atoms with van der Waals surface area (Å²) >= 11 is 7.28. The first-order valence-corrected chi connectivity index (χ1v) is 6.16. The fraction of sp³-hybridized carbons (Fsp3) is 0.900. The quantitative estimate of drug-likeness (QED) is 0.677. The summed E-state index contributed by atoms with van der Waals surface area (Å²) in [5.74, 6) is 0. The lowest BCUT2D eigenvalue weighted by atomic mass is 10.0. The van der Waals surface area contributed by atoms with Gasteiger partial charge in [0, 0.05) is 5.25 Å². The molecule has 0 aromatic carbocycles. The van der Waals surface area contributed by atoms with Gasteiger partial charge in [-0.2, -0.15) is 0 Å². The molecule has 76 valence electrons. The highest BCUT2D eigenvalue weighted by Gasteiger charge is 2.30. The summed E-state index contributed by atoms with van der Waals surface area (Å²) in [5.41, 5.74) is 0. The standard InChI is InChI=1S/C10H17ClOS/c1-10(2,9(11)12)13-8-6-4-3-5-7-8/h8H,3-7H2,1-2H3. The summed E-state index contributed by atoms with van der Waals surface area (Å²) in [6.07, 6.45) is 6.47. The number of carbonyl (C=O) groups excluding carboxylic acids is 1. The Morgan fingerprint density at radius 1 is 1.31 bits per heavy atom. The Bertz CT molecular complexity index is 185. The summed E-state index contributed by atoms with van der Waals surface area (Å²) in [4.78, 5) is 11.1. The lowest BCUT2D eigenvalue weighted by Crippen LogP contribution is -2.27. The van der Waals surface area contributed by atoms with Gasteiger partial charge in [0.15, 0.2) is 0 Å². The zero-order valence-electron chi connectivity index (χ0n) is 8.31. The summed E-state index contributed by atoms with van der Waals surface area (Å²) in [6, 6.07) is 0. The van der Waals surface area contributed by atoms with Crippen LogP contribution in [-0.2, 0) is 4.79 Å². The first-order valence-electron chi connectivity index (χ1n) is 4.90. The van der Waals surface area contributed by atoms with E-state index in [1.807, 2.05) is 13.8 Å². The maximum absolute atomic E-state index is 11.1. The number of hydrogen-bond acceptors (Lipinski definition) is 2. The summed E-state index contributed by atoms with van der Waals surface area (Å²) in [5, 5.41) is 0.425.